The Morgan fingerprint density at radius 2 is 2.21 bits per heavy atom. The highest BCUT2D eigenvalue weighted by molar-refractivity contribution is 5.79. The number of likely N-dealkylation sites (tertiary alicyclic amines) is 1. The van der Waals surface area contributed by atoms with Crippen LogP contribution in [0.3, 0.4) is 0 Å². The van der Waals surface area contributed by atoms with Crippen molar-refractivity contribution in [2.24, 2.45) is 5.92 Å². The molecule has 1 fully saturated rings. The third kappa shape index (κ3) is 3.82. The highest BCUT2D eigenvalue weighted by atomic mass is 16.5. The number of ether oxygens (including phenoxy) is 1. The zero-order valence-electron chi connectivity index (χ0n) is 14.1. The Bertz CT molecular complexity index is 671. The molecule has 1 aliphatic heterocycles. The first-order valence-electron chi connectivity index (χ1n) is 8.37. The standard InChI is InChI=1S/C18H23N3O3/c1-13(11-23-12-15-7-4-3-5-8-15)18(22)21-10-6-9-16(21)17-19-14(2)24-20-17/h3-5,7-8,13,16H,6,9-12H2,1-2H3/t13-,16+/m0/s1. The molecule has 1 amide bonds. The summed E-state index contributed by atoms with van der Waals surface area (Å²) in [5.41, 5.74) is 1.11. The molecule has 1 saturated heterocycles. The second kappa shape index (κ2) is 7.57. The van der Waals surface area contributed by atoms with Crippen molar-refractivity contribution in [2.45, 2.75) is 39.3 Å². The molecule has 2 atom stereocenters. The number of rotatable bonds is 6. The molecule has 0 spiro atoms. The number of hydrogen-bond acceptors (Lipinski definition) is 5. The summed E-state index contributed by atoms with van der Waals surface area (Å²) in [4.78, 5) is 18.9. The van der Waals surface area contributed by atoms with Crippen molar-refractivity contribution in [2.75, 3.05) is 13.2 Å². The monoisotopic (exact) mass is 329 g/mol. The summed E-state index contributed by atoms with van der Waals surface area (Å²) >= 11 is 0. The van der Waals surface area contributed by atoms with Gasteiger partial charge in [-0.15, -0.1) is 0 Å². The zero-order valence-corrected chi connectivity index (χ0v) is 14.1. The quantitative estimate of drug-likeness (QED) is 0.815. The summed E-state index contributed by atoms with van der Waals surface area (Å²) in [5, 5.41) is 3.98. The van der Waals surface area contributed by atoms with Crippen LogP contribution in [0.2, 0.25) is 0 Å². The van der Waals surface area contributed by atoms with Crippen LogP contribution in [-0.2, 0) is 16.1 Å². The maximum absolute atomic E-state index is 12.7. The van der Waals surface area contributed by atoms with E-state index in [1.165, 1.54) is 0 Å². The summed E-state index contributed by atoms with van der Waals surface area (Å²) in [6.45, 7) is 5.33. The van der Waals surface area contributed by atoms with E-state index in [9.17, 15) is 4.79 Å². The van der Waals surface area contributed by atoms with Gasteiger partial charge in [-0.05, 0) is 18.4 Å². The molecular formula is C18H23N3O3. The van der Waals surface area contributed by atoms with Gasteiger partial charge in [-0.1, -0.05) is 42.4 Å². The Labute approximate surface area is 141 Å². The van der Waals surface area contributed by atoms with E-state index in [4.69, 9.17) is 9.26 Å². The number of hydrogen-bond donors (Lipinski definition) is 0. The fraction of sp³-hybridized carbons (Fsp3) is 0.500. The lowest BCUT2D eigenvalue weighted by atomic mass is 10.1. The van der Waals surface area contributed by atoms with Crippen LogP contribution >= 0.6 is 0 Å². The first-order valence-corrected chi connectivity index (χ1v) is 8.37. The second-order valence-electron chi connectivity index (χ2n) is 6.26. The van der Waals surface area contributed by atoms with Gasteiger partial charge in [-0.2, -0.15) is 4.98 Å². The number of aryl methyl sites for hydroxylation is 1. The Morgan fingerprint density at radius 3 is 2.92 bits per heavy atom. The van der Waals surface area contributed by atoms with Gasteiger partial charge in [0, 0.05) is 13.5 Å². The van der Waals surface area contributed by atoms with E-state index in [-0.39, 0.29) is 17.9 Å². The van der Waals surface area contributed by atoms with Crippen LogP contribution < -0.4 is 0 Å². The molecule has 0 unspecified atom stereocenters. The largest absolute Gasteiger partial charge is 0.376 e. The van der Waals surface area contributed by atoms with Gasteiger partial charge in [0.15, 0.2) is 5.82 Å². The molecule has 3 rings (SSSR count). The normalized spacial score (nSPS) is 18.8. The molecule has 0 bridgehead atoms. The number of carbonyl (C=O) groups is 1. The van der Waals surface area contributed by atoms with Crippen LogP contribution in [0, 0.1) is 12.8 Å². The van der Waals surface area contributed by atoms with Gasteiger partial charge < -0.3 is 14.2 Å². The molecule has 6 nitrogen and oxygen atoms in total. The van der Waals surface area contributed by atoms with Crippen LogP contribution in [0.4, 0.5) is 0 Å². The maximum atomic E-state index is 12.7. The molecule has 0 radical (unpaired) electrons. The minimum atomic E-state index is -0.192. The Balaban J connectivity index is 1.54. The Morgan fingerprint density at radius 1 is 1.42 bits per heavy atom. The highest BCUT2D eigenvalue weighted by Gasteiger charge is 2.35. The Kier molecular flexibility index (Phi) is 5.25. The van der Waals surface area contributed by atoms with E-state index >= 15 is 0 Å². The number of carbonyl (C=O) groups excluding carboxylic acids is 1. The van der Waals surface area contributed by atoms with Crippen molar-refractivity contribution in [3.05, 3.63) is 47.6 Å². The summed E-state index contributed by atoms with van der Waals surface area (Å²) in [6, 6.07) is 9.89. The van der Waals surface area contributed by atoms with E-state index in [0.717, 1.165) is 24.9 Å². The van der Waals surface area contributed by atoms with Crippen molar-refractivity contribution in [1.29, 1.82) is 0 Å². The van der Waals surface area contributed by atoms with Gasteiger partial charge in [-0.25, -0.2) is 0 Å². The second-order valence-corrected chi connectivity index (χ2v) is 6.26. The number of nitrogens with zero attached hydrogens (tertiary/aromatic N) is 3. The smallest absolute Gasteiger partial charge is 0.228 e. The van der Waals surface area contributed by atoms with Gasteiger partial charge in [0.25, 0.3) is 0 Å². The van der Waals surface area contributed by atoms with Crippen molar-refractivity contribution < 1.29 is 14.1 Å². The molecule has 0 aliphatic carbocycles. The molecule has 1 aliphatic rings. The molecule has 6 heteroatoms. The average molecular weight is 329 g/mol. The van der Waals surface area contributed by atoms with E-state index in [0.29, 0.717) is 24.9 Å². The SMILES string of the molecule is Cc1nc([C@H]2CCCN2C(=O)[C@@H](C)COCc2ccccc2)no1. The highest BCUT2D eigenvalue weighted by Crippen LogP contribution is 2.31. The van der Waals surface area contributed by atoms with Gasteiger partial charge in [0.1, 0.15) is 0 Å². The summed E-state index contributed by atoms with van der Waals surface area (Å²) in [7, 11) is 0. The Hall–Kier alpha value is -2.21. The van der Waals surface area contributed by atoms with Crippen molar-refractivity contribution >= 4 is 5.91 Å². The zero-order chi connectivity index (χ0) is 16.9. The van der Waals surface area contributed by atoms with Crippen LogP contribution in [0.1, 0.15) is 43.1 Å². The number of benzene rings is 1. The van der Waals surface area contributed by atoms with E-state index in [1.54, 1.807) is 6.92 Å². The molecule has 1 aromatic heterocycles. The molecule has 24 heavy (non-hydrogen) atoms. The van der Waals surface area contributed by atoms with Gasteiger partial charge >= 0.3 is 0 Å². The van der Waals surface area contributed by atoms with Crippen LogP contribution in [0.25, 0.3) is 0 Å². The first-order chi connectivity index (χ1) is 11.6. The van der Waals surface area contributed by atoms with Crippen molar-refractivity contribution in [1.82, 2.24) is 15.0 Å². The minimum Gasteiger partial charge on any atom is -0.376 e. The number of amides is 1. The lowest BCUT2D eigenvalue weighted by Crippen LogP contribution is -2.36. The molecule has 0 N–H and O–H groups in total. The average Bonchev–Trinajstić information content (AvgIpc) is 3.23. The summed E-state index contributed by atoms with van der Waals surface area (Å²) in [6.07, 6.45) is 1.84. The van der Waals surface area contributed by atoms with Crippen molar-refractivity contribution in [3.8, 4) is 0 Å². The van der Waals surface area contributed by atoms with Crippen LogP contribution in [-0.4, -0.2) is 34.1 Å². The maximum Gasteiger partial charge on any atom is 0.228 e. The molecule has 2 aromatic rings. The molecule has 2 heterocycles. The fourth-order valence-corrected chi connectivity index (χ4v) is 3.03. The summed E-state index contributed by atoms with van der Waals surface area (Å²) in [5.74, 6) is 1.04. The summed E-state index contributed by atoms with van der Waals surface area (Å²) < 4.78 is 10.8. The van der Waals surface area contributed by atoms with E-state index in [1.807, 2.05) is 42.2 Å². The van der Waals surface area contributed by atoms with Crippen LogP contribution in [0.5, 0.6) is 0 Å². The third-order valence-electron chi connectivity index (χ3n) is 4.28. The topological polar surface area (TPSA) is 68.5 Å². The predicted molar refractivity (Wildman–Crippen MR) is 88.0 cm³/mol. The number of aromatic nitrogens is 2. The molecule has 0 saturated carbocycles. The lowest BCUT2D eigenvalue weighted by Gasteiger charge is -2.25. The van der Waals surface area contributed by atoms with E-state index < -0.39 is 0 Å². The first kappa shape index (κ1) is 16.6. The van der Waals surface area contributed by atoms with E-state index in [2.05, 4.69) is 10.1 Å². The van der Waals surface area contributed by atoms with Gasteiger partial charge in [0.2, 0.25) is 11.8 Å². The third-order valence-corrected chi connectivity index (χ3v) is 4.28. The van der Waals surface area contributed by atoms with Crippen molar-refractivity contribution in [3.63, 3.8) is 0 Å². The molecule has 128 valence electrons. The molecular weight excluding hydrogens is 306 g/mol. The van der Waals surface area contributed by atoms with Gasteiger partial charge in [-0.3, -0.25) is 4.79 Å². The molecule has 1 aromatic carbocycles. The van der Waals surface area contributed by atoms with Crippen LogP contribution in [0.15, 0.2) is 34.9 Å². The fourth-order valence-electron chi connectivity index (χ4n) is 3.03. The predicted octanol–water partition coefficient (Wildman–Crippen LogP) is 2.89. The van der Waals surface area contributed by atoms with Gasteiger partial charge in [0.05, 0.1) is 25.2 Å². The minimum absolute atomic E-state index is 0.0773. The lowest BCUT2D eigenvalue weighted by molar-refractivity contribution is -0.138.